The number of aliphatic hydroxyl groups is 2. The van der Waals surface area contributed by atoms with Gasteiger partial charge in [0.1, 0.15) is 5.75 Å². The fourth-order valence-electron chi connectivity index (χ4n) is 6.53. The molecule has 0 amide bonds. The van der Waals surface area contributed by atoms with E-state index < -0.39 is 17.1 Å². The molecule has 0 aromatic heterocycles. The second-order valence-electron chi connectivity index (χ2n) is 10.6. The van der Waals surface area contributed by atoms with Crippen LogP contribution in [0, 0.1) is 11.8 Å². The van der Waals surface area contributed by atoms with Gasteiger partial charge in [0.25, 0.3) is 0 Å². The Kier molecular flexibility index (Phi) is 4.74. The first-order valence-electron chi connectivity index (χ1n) is 11.5. The van der Waals surface area contributed by atoms with Gasteiger partial charge in [0.2, 0.25) is 0 Å². The standard InChI is InChI=1S/C24H36N2O3/c1-15(2)13-25-20-11-24(29)22-9-17-5-6-18(27)10-19(17)23(24,12-21(20)28)7-8-26(22)14-16-3-4-16/h5-6,10,15-16,20-22,25,27-29H,3-4,7-9,11-14H2,1-2H3. The highest BCUT2D eigenvalue weighted by Gasteiger charge is 2.66. The minimum absolute atomic E-state index is 0.0854. The number of aliphatic hydroxyl groups excluding tert-OH is 1. The molecule has 2 bridgehead atoms. The van der Waals surface area contributed by atoms with Gasteiger partial charge < -0.3 is 20.6 Å². The van der Waals surface area contributed by atoms with Gasteiger partial charge in [-0.3, -0.25) is 4.90 Å². The normalized spacial score (nSPS) is 39.3. The molecular weight excluding hydrogens is 364 g/mol. The molecule has 1 aromatic rings. The zero-order valence-electron chi connectivity index (χ0n) is 17.8. The lowest BCUT2D eigenvalue weighted by molar-refractivity contribution is -0.190. The van der Waals surface area contributed by atoms with E-state index in [0.29, 0.717) is 18.8 Å². The summed E-state index contributed by atoms with van der Waals surface area (Å²) >= 11 is 0. The maximum Gasteiger partial charge on any atom is 0.115 e. The van der Waals surface area contributed by atoms with Crippen molar-refractivity contribution in [3.63, 3.8) is 0 Å². The van der Waals surface area contributed by atoms with Gasteiger partial charge in [-0.1, -0.05) is 19.9 Å². The molecule has 5 atom stereocenters. The van der Waals surface area contributed by atoms with Crippen LogP contribution in [0.5, 0.6) is 5.75 Å². The summed E-state index contributed by atoms with van der Waals surface area (Å²) < 4.78 is 0. The Balaban J connectivity index is 1.55. The number of fused-ring (bicyclic) bond motifs is 1. The van der Waals surface area contributed by atoms with Crippen LogP contribution in [0.4, 0.5) is 0 Å². The molecule has 5 rings (SSSR count). The van der Waals surface area contributed by atoms with Crippen LogP contribution in [0.15, 0.2) is 18.2 Å². The van der Waals surface area contributed by atoms with E-state index >= 15 is 0 Å². The number of likely N-dealkylation sites (tertiary alicyclic amines) is 1. The Morgan fingerprint density at radius 1 is 1.24 bits per heavy atom. The largest absolute Gasteiger partial charge is 0.508 e. The summed E-state index contributed by atoms with van der Waals surface area (Å²) in [5.74, 6) is 1.55. The van der Waals surface area contributed by atoms with Crippen molar-refractivity contribution in [2.75, 3.05) is 19.6 Å². The third-order valence-electron chi connectivity index (χ3n) is 8.20. The van der Waals surface area contributed by atoms with Crippen molar-refractivity contribution in [2.45, 2.75) is 81.6 Å². The Hall–Kier alpha value is -1.14. The predicted molar refractivity (Wildman–Crippen MR) is 113 cm³/mol. The zero-order chi connectivity index (χ0) is 20.4. The van der Waals surface area contributed by atoms with Crippen LogP contribution >= 0.6 is 0 Å². The van der Waals surface area contributed by atoms with Gasteiger partial charge in [-0.25, -0.2) is 0 Å². The molecule has 0 radical (unpaired) electrons. The summed E-state index contributed by atoms with van der Waals surface area (Å²) in [5, 5.41) is 37.3. The second kappa shape index (κ2) is 6.94. The monoisotopic (exact) mass is 400 g/mol. The summed E-state index contributed by atoms with van der Waals surface area (Å²) in [5.41, 5.74) is 0.955. The Labute approximate surface area is 174 Å². The lowest BCUT2D eigenvalue weighted by atomic mass is 9.48. The van der Waals surface area contributed by atoms with Crippen LogP contribution in [0.1, 0.15) is 57.1 Å². The zero-order valence-corrected chi connectivity index (χ0v) is 17.8. The average molecular weight is 401 g/mol. The number of phenols is 1. The molecule has 3 fully saturated rings. The summed E-state index contributed by atoms with van der Waals surface area (Å²) in [6, 6.07) is 5.67. The molecule has 0 spiro atoms. The topological polar surface area (TPSA) is 76.0 Å². The Morgan fingerprint density at radius 3 is 2.76 bits per heavy atom. The maximum absolute atomic E-state index is 12.4. The van der Waals surface area contributed by atoms with E-state index in [4.69, 9.17) is 0 Å². The highest BCUT2D eigenvalue weighted by atomic mass is 16.3. The molecule has 5 heteroatoms. The van der Waals surface area contributed by atoms with Crippen molar-refractivity contribution in [1.29, 1.82) is 0 Å². The number of rotatable bonds is 5. The Morgan fingerprint density at radius 2 is 2.03 bits per heavy atom. The van der Waals surface area contributed by atoms with E-state index in [1.54, 1.807) is 6.07 Å². The van der Waals surface area contributed by atoms with Crippen LogP contribution in [0.3, 0.4) is 0 Å². The Bertz CT molecular complexity index is 779. The third-order valence-corrected chi connectivity index (χ3v) is 8.20. The summed E-state index contributed by atoms with van der Waals surface area (Å²) in [6.45, 7) is 7.24. The lowest BCUT2D eigenvalue weighted by Crippen LogP contribution is -2.76. The number of hydrogen-bond acceptors (Lipinski definition) is 5. The van der Waals surface area contributed by atoms with E-state index in [0.717, 1.165) is 44.0 Å². The summed E-state index contributed by atoms with van der Waals surface area (Å²) in [7, 11) is 0. The summed E-state index contributed by atoms with van der Waals surface area (Å²) in [4.78, 5) is 2.54. The van der Waals surface area contributed by atoms with Gasteiger partial charge in [0.15, 0.2) is 0 Å². The number of hydrogen-bond donors (Lipinski definition) is 4. The number of piperidine rings is 1. The van der Waals surface area contributed by atoms with Gasteiger partial charge in [-0.15, -0.1) is 0 Å². The molecule has 4 aliphatic rings. The highest BCUT2D eigenvalue weighted by Crippen LogP contribution is 2.58. The molecule has 29 heavy (non-hydrogen) atoms. The maximum atomic E-state index is 12.4. The van der Waals surface area contributed by atoms with Crippen LogP contribution < -0.4 is 5.32 Å². The molecule has 1 saturated heterocycles. The first-order valence-corrected chi connectivity index (χ1v) is 11.5. The van der Waals surface area contributed by atoms with E-state index in [9.17, 15) is 15.3 Å². The van der Waals surface area contributed by atoms with Gasteiger partial charge in [-0.2, -0.15) is 0 Å². The quantitative estimate of drug-likeness (QED) is 0.610. The smallest absolute Gasteiger partial charge is 0.115 e. The van der Waals surface area contributed by atoms with Crippen molar-refractivity contribution < 1.29 is 15.3 Å². The molecule has 5 unspecified atom stereocenters. The van der Waals surface area contributed by atoms with Crippen molar-refractivity contribution in [3.8, 4) is 5.75 Å². The SMILES string of the molecule is CC(C)CNC1CC2(O)C3Cc4ccc(O)cc4C2(CCN3CC2CC2)CC1O. The highest BCUT2D eigenvalue weighted by molar-refractivity contribution is 5.48. The number of benzene rings is 1. The van der Waals surface area contributed by atoms with Crippen molar-refractivity contribution in [3.05, 3.63) is 29.3 Å². The molecule has 2 saturated carbocycles. The van der Waals surface area contributed by atoms with E-state index in [2.05, 4.69) is 24.1 Å². The fourth-order valence-corrected chi connectivity index (χ4v) is 6.53. The first-order chi connectivity index (χ1) is 13.8. The molecule has 1 aromatic carbocycles. The van der Waals surface area contributed by atoms with Crippen molar-refractivity contribution >= 4 is 0 Å². The fraction of sp³-hybridized carbons (Fsp3) is 0.750. The molecular formula is C24H36N2O3. The predicted octanol–water partition coefficient (Wildman–Crippen LogP) is 2.17. The van der Waals surface area contributed by atoms with Crippen LogP contribution in [0.25, 0.3) is 0 Å². The van der Waals surface area contributed by atoms with Crippen LogP contribution in [0.2, 0.25) is 0 Å². The average Bonchev–Trinajstić information content (AvgIpc) is 3.47. The lowest BCUT2D eigenvalue weighted by Gasteiger charge is -2.65. The minimum atomic E-state index is -0.880. The third kappa shape index (κ3) is 3.13. The molecule has 160 valence electrons. The van der Waals surface area contributed by atoms with Crippen LogP contribution in [-0.2, 0) is 11.8 Å². The molecule has 3 aliphatic carbocycles. The first kappa shape index (κ1) is 19.8. The van der Waals surface area contributed by atoms with Crippen molar-refractivity contribution in [2.24, 2.45) is 11.8 Å². The van der Waals surface area contributed by atoms with Crippen LogP contribution in [-0.4, -0.2) is 63.6 Å². The van der Waals surface area contributed by atoms with E-state index in [1.165, 1.54) is 18.4 Å². The van der Waals surface area contributed by atoms with E-state index in [1.807, 2.05) is 12.1 Å². The summed E-state index contributed by atoms with van der Waals surface area (Å²) in [6.07, 6.45) is 4.94. The number of nitrogens with zero attached hydrogens (tertiary/aromatic N) is 1. The van der Waals surface area contributed by atoms with Gasteiger partial charge in [0.05, 0.1) is 11.7 Å². The van der Waals surface area contributed by atoms with Gasteiger partial charge >= 0.3 is 0 Å². The molecule has 5 nitrogen and oxygen atoms in total. The van der Waals surface area contributed by atoms with Gasteiger partial charge in [-0.05, 0) is 86.7 Å². The number of nitrogens with one attached hydrogen (secondary N) is 1. The van der Waals surface area contributed by atoms with Crippen molar-refractivity contribution in [1.82, 2.24) is 10.2 Å². The number of aromatic hydroxyl groups is 1. The second-order valence-corrected chi connectivity index (χ2v) is 10.6. The minimum Gasteiger partial charge on any atom is -0.508 e. The molecule has 1 heterocycles. The van der Waals surface area contributed by atoms with Gasteiger partial charge in [0, 0.05) is 24.0 Å². The van der Waals surface area contributed by atoms with E-state index in [-0.39, 0.29) is 17.8 Å². The molecule has 4 N–H and O–H groups in total. The molecule has 1 aliphatic heterocycles. The number of phenolic OH excluding ortho intramolecular Hbond substituents is 1.